The minimum absolute atomic E-state index is 0. The standard InChI is InChI=1S/C22H29NO4.CH3/c1-13-16(24)6-5-15-11-18-22(27)8-7-17(25)20(26)21(22,19(13)15)9-10-23(18,2)12-14-3-4-14;/h5-6,14,18,20,26-27H,3-4,7-12H2,1-2H3;1H3/q;-1/p+1. The van der Waals surface area contributed by atoms with Gasteiger partial charge in [-0.15, -0.1) is 0 Å². The maximum Gasteiger partial charge on any atom is 0.162 e. The second-order valence-electron chi connectivity index (χ2n) is 9.81. The summed E-state index contributed by atoms with van der Waals surface area (Å²) in [6, 6.07) is 3.63. The molecule has 28 heavy (non-hydrogen) atoms. The zero-order chi connectivity index (χ0) is 19.2. The summed E-state index contributed by atoms with van der Waals surface area (Å²) in [5.41, 5.74) is 0.503. The maximum atomic E-state index is 12.6. The number of ketones is 1. The molecule has 1 saturated heterocycles. The highest BCUT2D eigenvalue weighted by molar-refractivity contribution is 5.87. The summed E-state index contributed by atoms with van der Waals surface area (Å²) < 4.78 is 0.823. The number of carbonyl (C=O) groups excluding carboxylic acids is 1. The highest BCUT2D eigenvalue weighted by Crippen LogP contribution is 2.60. The summed E-state index contributed by atoms with van der Waals surface area (Å²) in [6.45, 7) is 3.77. The summed E-state index contributed by atoms with van der Waals surface area (Å²) in [5, 5.41) is 33.7. The summed E-state index contributed by atoms with van der Waals surface area (Å²) in [5.74, 6) is 0.742. The molecule has 3 N–H and O–H groups in total. The van der Waals surface area contributed by atoms with E-state index in [9.17, 15) is 20.1 Å². The van der Waals surface area contributed by atoms with E-state index < -0.39 is 17.1 Å². The fourth-order valence-corrected chi connectivity index (χ4v) is 6.84. The van der Waals surface area contributed by atoms with Gasteiger partial charge in [0, 0.05) is 25.2 Å². The Hall–Kier alpha value is -1.43. The molecule has 0 amide bonds. The predicted octanol–water partition coefficient (Wildman–Crippen LogP) is 2.03. The molecule has 5 nitrogen and oxygen atoms in total. The van der Waals surface area contributed by atoms with Gasteiger partial charge < -0.3 is 27.2 Å². The van der Waals surface area contributed by atoms with Crippen LogP contribution in [0.25, 0.3) is 0 Å². The smallest absolute Gasteiger partial charge is 0.162 e. The molecular formula is C23H33NO4. The van der Waals surface area contributed by atoms with E-state index in [2.05, 4.69) is 7.05 Å². The number of rotatable bonds is 2. The van der Waals surface area contributed by atoms with Crippen molar-refractivity contribution in [3.63, 3.8) is 0 Å². The molecule has 1 heterocycles. The lowest BCUT2D eigenvalue weighted by atomic mass is 9.47. The summed E-state index contributed by atoms with van der Waals surface area (Å²) >= 11 is 0. The molecule has 5 atom stereocenters. The molecule has 3 fully saturated rings. The van der Waals surface area contributed by atoms with Gasteiger partial charge in [-0.05, 0) is 48.9 Å². The van der Waals surface area contributed by atoms with Gasteiger partial charge in [-0.25, -0.2) is 0 Å². The number of fused-ring (bicyclic) bond motifs is 1. The van der Waals surface area contributed by atoms with Crippen LogP contribution >= 0.6 is 0 Å². The second-order valence-corrected chi connectivity index (χ2v) is 9.81. The first-order valence-corrected chi connectivity index (χ1v) is 10.3. The number of likely N-dealkylation sites (tertiary alicyclic amines) is 1. The van der Waals surface area contributed by atoms with Crippen molar-refractivity contribution < 1.29 is 24.6 Å². The van der Waals surface area contributed by atoms with Crippen molar-refractivity contribution in [2.45, 2.75) is 68.6 Å². The molecule has 154 valence electrons. The number of phenols is 1. The molecule has 1 aliphatic heterocycles. The lowest BCUT2D eigenvalue weighted by Crippen LogP contribution is -2.81. The third-order valence-electron chi connectivity index (χ3n) is 8.37. The number of aliphatic hydroxyl groups excluding tert-OH is 1. The largest absolute Gasteiger partial charge is 0.508 e. The third kappa shape index (κ3) is 2.27. The van der Waals surface area contributed by atoms with E-state index in [1.54, 1.807) is 6.07 Å². The Balaban J connectivity index is 0.00000192. The molecule has 1 aromatic carbocycles. The number of hydrogen-bond donors (Lipinski definition) is 3. The number of piperidine rings is 1. The van der Waals surface area contributed by atoms with Crippen LogP contribution in [-0.2, 0) is 16.6 Å². The second kappa shape index (κ2) is 6.04. The molecule has 2 bridgehead atoms. The lowest BCUT2D eigenvalue weighted by molar-refractivity contribution is -0.950. The Morgan fingerprint density at radius 3 is 2.64 bits per heavy atom. The number of Topliss-reactive ketones (excluding diaryl/α,β-unsaturated/α-hetero) is 1. The zero-order valence-electron chi connectivity index (χ0n) is 17.2. The predicted molar refractivity (Wildman–Crippen MR) is 107 cm³/mol. The molecule has 5 heteroatoms. The van der Waals surface area contributed by atoms with Crippen molar-refractivity contribution in [2.24, 2.45) is 5.92 Å². The van der Waals surface area contributed by atoms with Crippen LogP contribution in [0.1, 0.15) is 48.8 Å². The topological polar surface area (TPSA) is 77.8 Å². The first kappa shape index (κ1) is 19.9. The number of hydrogen-bond acceptors (Lipinski definition) is 4. The van der Waals surface area contributed by atoms with Crippen molar-refractivity contribution in [1.82, 2.24) is 0 Å². The maximum absolute atomic E-state index is 12.6. The molecule has 0 aromatic heterocycles. The van der Waals surface area contributed by atoms with Crippen LogP contribution in [0.4, 0.5) is 0 Å². The molecule has 1 aromatic rings. The Bertz CT molecular complexity index is 834. The van der Waals surface area contributed by atoms with Crippen molar-refractivity contribution in [2.75, 3.05) is 20.1 Å². The molecule has 0 radical (unpaired) electrons. The molecule has 0 spiro atoms. The van der Waals surface area contributed by atoms with Crippen LogP contribution < -0.4 is 0 Å². The van der Waals surface area contributed by atoms with Crippen LogP contribution in [0.3, 0.4) is 0 Å². The van der Waals surface area contributed by atoms with E-state index in [0.717, 1.165) is 41.0 Å². The van der Waals surface area contributed by atoms with E-state index in [0.29, 0.717) is 18.4 Å². The number of nitrogens with zero attached hydrogens (tertiary/aromatic N) is 1. The van der Waals surface area contributed by atoms with Gasteiger partial charge in [0.05, 0.1) is 25.6 Å². The first-order valence-electron chi connectivity index (χ1n) is 10.3. The first-order chi connectivity index (χ1) is 12.7. The molecular weight excluding hydrogens is 354 g/mol. The van der Waals surface area contributed by atoms with Crippen molar-refractivity contribution in [3.8, 4) is 5.75 Å². The summed E-state index contributed by atoms with van der Waals surface area (Å²) in [6.07, 6.45) is 3.29. The molecule has 3 aliphatic carbocycles. The van der Waals surface area contributed by atoms with Gasteiger partial charge in [-0.2, -0.15) is 0 Å². The number of carbonyl (C=O) groups is 1. The highest BCUT2D eigenvalue weighted by Gasteiger charge is 2.73. The van der Waals surface area contributed by atoms with Gasteiger partial charge >= 0.3 is 0 Å². The van der Waals surface area contributed by atoms with Gasteiger partial charge in [0.1, 0.15) is 23.5 Å². The van der Waals surface area contributed by atoms with Crippen LogP contribution in [0, 0.1) is 20.3 Å². The minimum Gasteiger partial charge on any atom is -0.508 e. The van der Waals surface area contributed by atoms with Crippen molar-refractivity contribution in [1.29, 1.82) is 0 Å². The lowest BCUT2D eigenvalue weighted by Gasteiger charge is -2.66. The van der Waals surface area contributed by atoms with Gasteiger partial charge in [-0.1, -0.05) is 6.07 Å². The van der Waals surface area contributed by atoms with Gasteiger partial charge in [0.15, 0.2) is 5.78 Å². The SMILES string of the molecule is Cc1c(O)ccc2c1C13CC[N+](C)(CC4CC4)C(C2)C1(O)CCC(=O)C3O.[CH3-]. The number of quaternary nitrogens is 1. The van der Waals surface area contributed by atoms with E-state index in [-0.39, 0.29) is 31.4 Å². The Labute approximate surface area is 167 Å². The number of likely N-dealkylation sites (N-methyl/N-ethyl adjacent to an activating group) is 1. The zero-order valence-corrected chi connectivity index (χ0v) is 17.2. The number of aromatic hydroxyl groups is 1. The number of phenolic OH excluding ortho intramolecular Hbond substituents is 1. The van der Waals surface area contributed by atoms with Gasteiger partial charge in [0.25, 0.3) is 0 Å². The fraction of sp³-hybridized carbons (Fsp3) is 0.652. The third-order valence-corrected chi connectivity index (χ3v) is 8.37. The summed E-state index contributed by atoms with van der Waals surface area (Å²) in [7, 11) is 2.26. The van der Waals surface area contributed by atoms with E-state index in [1.807, 2.05) is 13.0 Å². The highest BCUT2D eigenvalue weighted by atomic mass is 16.3. The number of aliphatic hydroxyl groups is 2. The molecule has 4 aliphatic rings. The van der Waals surface area contributed by atoms with E-state index in [1.165, 1.54) is 12.8 Å². The molecule has 5 unspecified atom stereocenters. The quantitative estimate of drug-likeness (QED) is 0.536. The normalized spacial score (nSPS) is 41.6. The monoisotopic (exact) mass is 387 g/mol. The Morgan fingerprint density at radius 1 is 1.25 bits per heavy atom. The van der Waals surface area contributed by atoms with Crippen LogP contribution in [0.2, 0.25) is 0 Å². The van der Waals surface area contributed by atoms with Crippen LogP contribution in [-0.4, -0.2) is 63.5 Å². The van der Waals surface area contributed by atoms with Gasteiger partial charge in [0.2, 0.25) is 0 Å². The average molecular weight is 388 g/mol. The van der Waals surface area contributed by atoms with Crippen molar-refractivity contribution in [3.05, 3.63) is 36.2 Å². The Morgan fingerprint density at radius 2 is 1.96 bits per heavy atom. The Kier molecular flexibility index (Phi) is 4.28. The summed E-state index contributed by atoms with van der Waals surface area (Å²) in [4.78, 5) is 12.6. The van der Waals surface area contributed by atoms with Crippen LogP contribution in [0.15, 0.2) is 12.1 Å². The molecule has 2 saturated carbocycles. The fourth-order valence-electron chi connectivity index (χ4n) is 6.84. The minimum atomic E-state index is -1.20. The van der Waals surface area contributed by atoms with Gasteiger partial charge in [-0.3, -0.25) is 4.79 Å². The number of benzene rings is 1. The van der Waals surface area contributed by atoms with Crippen molar-refractivity contribution >= 4 is 5.78 Å². The molecule has 5 rings (SSSR count). The van der Waals surface area contributed by atoms with Crippen LogP contribution in [0.5, 0.6) is 5.75 Å². The average Bonchev–Trinajstić information content (AvgIpc) is 3.43. The van der Waals surface area contributed by atoms with E-state index in [4.69, 9.17) is 0 Å². The van der Waals surface area contributed by atoms with E-state index >= 15 is 0 Å².